The number of aliphatic hydroxyl groups excluding tert-OH is 2. The van der Waals surface area contributed by atoms with Crippen LogP contribution in [0.25, 0.3) is 11.1 Å². The van der Waals surface area contributed by atoms with Crippen molar-refractivity contribution in [2.75, 3.05) is 26.7 Å². The fourth-order valence-electron chi connectivity index (χ4n) is 6.28. The van der Waals surface area contributed by atoms with Crippen LogP contribution in [0.5, 0.6) is 0 Å². The Kier molecular flexibility index (Phi) is 13.3. The summed E-state index contributed by atoms with van der Waals surface area (Å²) in [5.74, 6) is -0.512. The van der Waals surface area contributed by atoms with Gasteiger partial charge >= 0.3 is 12.0 Å². The van der Waals surface area contributed by atoms with Crippen molar-refractivity contribution >= 4 is 12.0 Å². The van der Waals surface area contributed by atoms with Crippen LogP contribution in [0.4, 0.5) is 4.79 Å². The number of carbonyl (C=O) groups is 2. The van der Waals surface area contributed by atoms with E-state index in [1.165, 1.54) is 0 Å². The maximum atomic E-state index is 12.2. The molecule has 1 heterocycles. The number of esters is 1. The molecule has 1 aliphatic rings. The summed E-state index contributed by atoms with van der Waals surface area (Å²) >= 11 is 0. The van der Waals surface area contributed by atoms with Gasteiger partial charge in [-0.2, -0.15) is 0 Å². The Bertz CT molecular complexity index is 1720. The van der Waals surface area contributed by atoms with Crippen molar-refractivity contribution < 1.29 is 34.0 Å². The highest BCUT2D eigenvalue weighted by molar-refractivity contribution is 5.80. The Hall–Kier alpha value is -4.58. The van der Waals surface area contributed by atoms with Crippen LogP contribution in [0, 0.1) is 5.92 Å². The fourth-order valence-corrected chi connectivity index (χ4v) is 6.28. The fraction of sp³-hybridized carbons (Fsp3) is 0.366. The van der Waals surface area contributed by atoms with Gasteiger partial charge in [0.05, 0.1) is 31.5 Å². The standard InChI is InChI=1S/C41H49N3O7/c1-5-49-37(46)24-43-41(48)42-23-30-11-9-14-33(21-30)34-15-10-16-35(22-34)40-50-36(25-44(4)28(3)38(47)31-12-7-6-8-13-31)27(2)39(51-40)32-19-17-29(26-45)18-20-32/h6-22,27-28,36,38-40,45,47H,5,23-26H2,1-4H3,(H2,42,43,48)/t27-,28-,36+,38-,39+,40+/m1/s1. The number of likely N-dealkylation sites (N-methyl/N-ethyl adjacent to an activating group) is 1. The average Bonchev–Trinajstić information content (AvgIpc) is 3.17. The van der Waals surface area contributed by atoms with E-state index in [4.69, 9.17) is 14.2 Å². The molecular formula is C41H49N3O7. The molecule has 1 fully saturated rings. The van der Waals surface area contributed by atoms with E-state index in [2.05, 4.69) is 28.5 Å². The van der Waals surface area contributed by atoms with Gasteiger partial charge in [0.2, 0.25) is 0 Å². The Labute approximate surface area is 300 Å². The van der Waals surface area contributed by atoms with E-state index in [0.29, 0.717) is 6.54 Å². The first-order valence-electron chi connectivity index (χ1n) is 17.5. The molecule has 0 saturated carbocycles. The molecule has 10 heteroatoms. The van der Waals surface area contributed by atoms with E-state index < -0.39 is 24.4 Å². The van der Waals surface area contributed by atoms with Crippen LogP contribution in [0.1, 0.15) is 67.1 Å². The second kappa shape index (κ2) is 18.1. The summed E-state index contributed by atoms with van der Waals surface area (Å²) in [6.07, 6.45) is -1.83. The van der Waals surface area contributed by atoms with E-state index in [1.807, 2.05) is 111 Å². The van der Waals surface area contributed by atoms with Crippen molar-refractivity contribution in [2.45, 2.75) is 64.6 Å². The molecule has 4 aromatic rings. The van der Waals surface area contributed by atoms with Crippen LogP contribution in [0.15, 0.2) is 103 Å². The number of carbonyl (C=O) groups excluding carboxylic acids is 2. The Morgan fingerprint density at radius 1 is 0.863 bits per heavy atom. The number of ether oxygens (including phenoxy) is 3. The third-order valence-corrected chi connectivity index (χ3v) is 9.46. The van der Waals surface area contributed by atoms with Gasteiger partial charge in [-0.3, -0.25) is 9.69 Å². The number of nitrogens with zero attached hydrogens (tertiary/aromatic N) is 1. The second-order valence-corrected chi connectivity index (χ2v) is 13.0. The predicted octanol–water partition coefficient (Wildman–Crippen LogP) is 6.05. The van der Waals surface area contributed by atoms with Gasteiger partial charge < -0.3 is 35.1 Å². The van der Waals surface area contributed by atoms with E-state index in [9.17, 15) is 19.8 Å². The van der Waals surface area contributed by atoms with Gasteiger partial charge in [-0.15, -0.1) is 0 Å². The number of aliphatic hydroxyl groups is 2. The smallest absolute Gasteiger partial charge is 0.325 e. The molecule has 0 aromatic heterocycles. The van der Waals surface area contributed by atoms with Gasteiger partial charge in [-0.05, 0) is 66.4 Å². The van der Waals surface area contributed by atoms with E-state index in [0.717, 1.165) is 38.9 Å². The molecule has 0 aliphatic carbocycles. The molecule has 6 atom stereocenters. The van der Waals surface area contributed by atoms with Crippen molar-refractivity contribution in [3.63, 3.8) is 0 Å². The van der Waals surface area contributed by atoms with Gasteiger partial charge in [-0.25, -0.2) is 4.79 Å². The first kappa shape index (κ1) is 37.7. The lowest BCUT2D eigenvalue weighted by Gasteiger charge is -2.43. The SMILES string of the molecule is CCOC(=O)CNC(=O)NCc1cccc(-c2cccc([C@H]3O[C@@H](CN(C)[C@H](C)[C@@H](O)c4ccccc4)[C@@H](C)[C@@H](c4ccc(CO)cc4)O3)c2)c1. The van der Waals surface area contributed by atoms with Crippen molar-refractivity contribution in [1.82, 2.24) is 15.5 Å². The van der Waals surface area contributed by atoms with Gasteiger partial charge in [0.25, 0.3) is 0 Å². The van der Waals surface area contributed by atoms with Crippen LogP contribution < -0.4 is 10.6 Å². The van der Waals surface area contributed by atoms with Gasteiger partial charge in [-0.1, -0.05) is 97.9 Å². The zero-order valence-electron chi connectivity index (χ0n) is 29.7. The summed E-state index contributed by atoms with van der Waals surface area (Å²) in [7, 11) is 2.01. The lowest BCUT2D eigenvalue weighted by atomic mass is 9.89. The summed E-state index contributed by atoms with van der Waals surface area (Å²) in [4.78, 5) is 25.9. The van der Waals surface area contributed by atoms with E-state index in [-0.39, 0.29) is 50.5 Å². The number of hydrogen-bond acceptors (Lipinski definition) is 8. The number of rotatable bonds is 14. The zero-order chi connectivity index (χ0) is 36.3. The molecule has 4 aromatic carbocycles. The quantitative estimate of drug-likeness (QED) is 0.117. The molecule has 2 amide bonds. The van der Waals surface area contributed by atoms with Crippen LogP contribution in [-0.2, 0) is 32.2 Å². The highest BCUT2D eigenvalue weighted by atomic mass is 16.7. The predicted molar refractivity (Wildman–Crippen MR) is 195 cm³/mol. The molecule has 5 rings (SSSR count). The number of hydrogen-bond donors (Lipinski definition) is 4. The van der Waals surface area contributed by atoms with Crippen molar-refractivity contribution in [3.05, 3.63) is 131 Å². The monoisotopic (exact) mass is 695 g/mol. The lowest BCUT2D eigenvalue weighted by molar-refractivity contribution is -0.276. The first-order chi connectivity index (χ1) is 24.7. The van der Waals surface area contributed by atoms with Crippen LogP contribution in [-0.4, -0.2) is 66.0 Å². The highest BCUT2D eigenvalue weighted by Crippen LogP contribution is 2.42. The molecule has 0 radical (unpaired) electrons. The summed E-state index contributed by atoms with van der Waals surface area (Å²) in [5.41, 5.74) is 6.38. The minimum Gasteiger partial charge on any atom is -0.465 e. The summed E-state index contributed by atoms with van der Waals surface area (Å²) in [5, 5.41) is 26.1. The Morgan fingerprint density at radius 2 is 1.57 bits per heavy atom. The van der Waals surface area contributed by atoms with E-state index >= 15 is 0 Å². The third-order valence-electron chi connectivity index (χ3n) is 9.46. The van der Waals surface area contributed by atoms with E-state index in [1.54, 1.807) is 6.92 Å². The normalized spacial score (nSPS) is 20.0. The molecule has 0 bridgehead atoms. The minimum absolute atomic E-state index is 0.0217. The maximum absolute atomic E-state index is 12.2. The highest BCUT2D eigenvalue weighted by Gasteiger charge is 2.39. The van der Waals surface area contributed by atoms with Crippen LogP contribution >= 0.6 is 0 Å². The lowest BCUT2D eigenvalue weighted by Crippen LogP contribution is -2.46. The maximum Gasteiger partial charge on any atom is 0.325 e. The number of benzene rings is 4. The number of urea groups is 1. The molecule has 1 saturated heterocycles. The summed E-state index contributed by atoms with van der Waals surface area (Å²) in [6.45, 7) is 6.73. The Balaban J connectivity index is 1.34. The summed E-state index contributed by atoms with van der Waals surface area (Å²) < 4.78 is 18.3. The largest absolute Gasteiger partial charge is 0.465 e. The van der Waals surface area contributed by atoms with Crippen molar-refractivity contribution in [2.24, 2.45) is 5.92 Å². The topological polar surface area (TPSA) is 130 Å². The Morgan fingerprint density at radius 3 is 2.27 bits per heavy atom. The molecule has 0 spiro atoms. The summed E-state index contributed by atoms with van der Waals surface area (Å²) in [6, 6.07) is 32.9. The molecular weight excluding hydrogens is 646 g/mol. The second-order valence-electron chi connectivity index (χ2n) is 13.0. The van der Waals surface area contributed by atoms with Crippen molar-refractivity contribution in [1.29, 1.82) is 0 Å². The van der Waals surface area contributed by atoms with Gasteiger partial charge in [0.15, 0.2) is 6.29 Å². The molecule has 0 unspecified atom stereocenters. The number of amides is 2. The third kappa shape index (κ3) is 10.0. The molecule has 51 heavy (non-hydrogen) atoms. The van der Waals surface area contributed by atoms with Crippen LogP contribution in [0.3, 0.4) is 0 Å². The van der Waals surface area contributed by atoms with Crippen molar-refractivity contribution in [3.8, 4) is 11.1 Å². The molecule has 1 aliphatic heterocycles. The first-order valence-corrected chi connectivity index (χ1v) is 17.5. The van der Waals surface area contributed by atoms with Crippen LogP contribution in [0.2, 0.25) is 0 Å². The zero-order valence-corrected chi connectivity index (χ0v) is 29.7. The molecule has 4 N–H and O–H groups in total. The van der Waals surface area contributed by atoms with Gasteiger partial charge in [0, 0.05) is 30.6 Å². The average molecular weight is 696 g/mol. The minimum atomic E-state index is -0.663. The molecule has 10 nitrogen and oxygen atoms in total. The number of nitrogens with one attached hydrogen (secondary N) is 2. The van der Waals surface area contributed by atoms with Gasteiger partial charge in [0.1, 0.15) is 6.54 Å². The molecule has 270 valence electrons.